The van der Waals surface area contributed by atoms with Crippen molar-refractivity contribution < 1.29 is 4.74 Å². The zero-order valence-corrected chi connectivity index (χ0v) is 13.1. The maximum atomic E-state index is 6.12. The third-order valence-corrected chi connectivity index (χ3v) is 4.70. The summed E-state index contributed by atoms with van der Waals surface area (Å²) in [6, 6.07) is 0.915. The van der Waals surface area contributed by atoms with Crippen LogP contribution in [0.5, 0.6) is 5.75 Å². The summed E-state index contributed by atoms with van der Waals surface area (Å²) < 4.78 is 7.98. The number of fused-ring (bicyclic) bond motifs is 3. The molecule has 0 amide bonds. The molecule has 3 heterocycles. The highest BCUT2D eigenvalue weighted by Gasteiger charge is 2.44. The molecule has 2 aromatic heterocycles. The predicted octanol–water partition coefficient (Wildman–Crippen LogP) is 2.99. The van der Waals surface area contributed by atoms with E-state index in [0.29, 0.717) is 24.1 Å². The van der Waals surface area contributed by atoms with E-state index in [1.807, 2.05) is 16.9 Å². The van der Waals surface area contributed by atoms with Crippen LogP contribution in [0.3, 0.4) is 0 Å². The van der Waals surface area contributed by atoms with E-state index in [4.69, 9.17) is 9.72 Å². The summed E-state index contributed by atoms with van der Waals surface area (Å²) in [7, 11) is 0. The van der Waals surface area contributed by atoms with Crippen LogP contribution in [0, 0.1) is 0 Å². The zero-order valence-electron chi connectivity index (χ0n) is 13.1. The van der Waals surface area contributed by atoms with Crippen LogP contribution in [0.4, 0.5) is 5.82 Å². The van der Waals surface area contributed by atoms with E-state index in [-0.39, 0.29) is 0 Å². The topological polar surface area (TPSA) is 42.7 Å². The molecule has 0 aromatic carbocycles. The Balaban J connectivity index is 1.90. The molecule has 112 valence electrons. The molecule has 2 unspecified atom stereocenters. The number of anilines is 1. The maximum Gasteiger partial charge on any atom is 0.180 e. The van der Waals surface area contributed by atoms with Crippen LogP contribution in [-0.4, -0.2) is 32.8 Å². The highest BCUT2D eigenvalue weighted by atomic mass is 16.5. The van der Waals surface area contributed by atoms with Crippen molar-refractivity contribution in [2.75, 3.05) is 4.90 Å². The molecule has 5 nitrogen and oxygen atoms in total. The number of rotatable bonds is 2. The quantitative estimate of drug-likeness (QED) is 0.851. The van der Waals surface area contributed by atoms with Gasteiger partial charge >= 0.3 is 0 Å². The van der Waals surface area contributed by atoms with Gasteiger partial charge in [-0.05, 0) is 32.6 Å². The van der Waals surface area contributed by atoms with E-state index in [2.05, 4.69) is 37.7 Å². The van der Waals surface area contributed by atoms with E-state index in [9.17, 15) is 0 Å². The van der Waals surface area contributed by atoms with Gasteiger partial charge in [-0.15, -0.1) is 0 Å². The third kappa shape index (κ3) is 1.76. The minimum Gasteiger partial charge on any atom is -0.483 e. The van der Waals surface area contributed by atoms with Crippen molar-refractivity contribution in [3.63, 3.8) is 0 Å². The molecule has 5 heteroatoms. The normalized spacial score (nSPS) is 24.0. The second-order valence-electron chi connectivity index (χ2n) is 6.75. The molecule has 0 bridgehead atoms. The molecule has 2 aromatic rings. The minimum atomic E-state index is 0.319. The van der Waals surface area contributed by atoms with Gasteiger partial charge in [-0.2, -0.15) is 5.10 Å². The average Bonchev–Trinajstić information content (AvgIpc) is 2.81. The van der Waals surface area contributed by atoms with Crippen LogP contribution >= 0.6 is 0 Å². The predicted molar refractivity (Wildman–Crippen MR) is 82.1 cm³/mol. The van der Waals surface area contributed by atoms with E-state index < -0.39 is 0 Å². The largest absolute Gasteiger partial charge is 0.483 e. The van der Waals surface area contributed by atoms with Crippen LogP contribution < -0.4 is 9.64 Å². The first-order valence-electron chi connectivity index (χ1n) is 7.89. The summed E-state index contributed by atoms with van der Waals surface area (Å²) in [4.78, 5) is 7.35. The molecule has 1 aliphatic heterocycles. The summed E-state index contributed by atoms with van der Waals surface area (Å²) in [5, 5.41) is 4.44. The number of hydrogen-bond acceptors (Lipinski definition) is 4. The van der Waals surface area contributed by atoms with Crippen molar-refractivity contribution in [3.05, 3.63) is 18.0 Å². The molecule has 1 fully saturated rings. The van der Waals surface area contributed by atoms with Crippen LogP contribution in [0.25, 0.3) is 5.65 Å². The van der Waals surface area contributed by atoms with Gasteiger partial charge in [0.1, 0.15) is 6.10 Å². The van der Waals surface area contributed by atoms with Gasteiger partial charge in [-0.25, -0.2) is 9.50 Å². The Hall–Kier alpha value is -1.78. The fourth-order valence-corrected chi connectivity index (χ4v) is 3.43. The average molecular weight is 286 g/mol. The lowest BCUT2D eigenvalue weighted by atomic mass is 9.85. The van der Waals surface area contributed by atoms with Crippen LogP contribution in [0.2, 0.25) is 0 Å². The van der Waals surface area contributed by atoms with E-state index in [0.717, 1.165) is 23.6 Å². The second kappa shape index (κ2) is 4.36. The maximum absolute atomic E-state index is 6.12. The summed E-state index contributed by atoms with van der Waals surface area (Å²) in [5.41, 5.74) is 2.15. The Morgan fingerprint density at radius 3 is 2.67 bits per heavy atom. The summed E-state index contributed by atoms with van der Waals surface area (Å²) in [5.74, 6) is 2.28. The molecule has 1 aliphatic carbocycles. The minimum absolute atomic E-state index is 0.319. The van der Waals surface area contributed by atoms with Crippen LogP contribution in [0.15, 0.2) is 12.4 Å². The highest BCUT2D eigenvalue weighted by Crippen LogP contribution is 2.43. The molecular formula is C16H22N4O. The van der Waals surface area contributed by atoms with Gasteiger partial charge in [0.15, 0.2) is 17.2 Å². The fraction of sp³-hybridized carbons (Fsp3) is 0.625. The lowest BCUT2D eigenvalue weighted by Crippen LogP contribution is -2.58. The number of nitrogens with zero attached hydrogens (tertiary/aromatic N) is 4. The van der Waals surface area contributed by atoms with E-state index >= 15 is 0 Å². The highest BCUT2D eigenvalue weighted by molar-refractivity contribution is 5.63. The van der Waals surface area contributed by atoms with Crippen molar-refractivity contribution in [2.45, 2.75) is 64.6 Å². The SMILES string of the molecule is CC(C)c1cnn2cc3c(nc12)N(C(C)C)C1CCC1O3. The Labute approximate surface area is 124 Å². The first-order valence-corrected chi connectivity index (χ1v) is 7.89. The van der Waals surface area contributed by atoms with Crippen molar-refractivity contribution in [1.82, 2.24) is 14.6 Å². The number of hydrogen-bond donors (Lipinski definition) is 0. The lowest BCUT2D eigenvalue weighted by molar-refractivity contribution is 0.0689. The van der Waals surface area contributed by atoms with Gasteiger partial charge in [0.25, 0.3) is 0 Å². The van der Waals surface area contributed by atoms with Crippen molar-refractivity contribution in [2.24, 2.45) is 0 Å². The van der Waals surface area contributed by atoms with Gasteiger partial charge in [0.05, 0.1) is 18.4 Å². The second-order valence-corrected chi connectivity index (χ2v) is 6.75. The monoisotopic (exact) mass is 286 g/mol. The lowest BCUT2D eigenvalue weighted by Gasteiger charge is -2.50. The number of ether oxygens (including phenoxy) is 1. The molecular weight excluding hydrogens is 264 g/mol. The molecule has 2 aliphatic rings. The Morgan fingerprint density at radius 1 is 1.24 bits per heavy atom. The third-order valence-electron chi connectivity index (χ3n) is 4.70. The van der Waals surface area contributed by atoms with Crippen molar-refractivity contribution in [3.8, 4) is 5.75 Å². The summed E-state index contributed by atoms with van der Waals surface area (Å²) in [6.45, 7) is 8.82. The van der Waals surface area contributed by atoms with Crippen LogP contribution in [0.1, 0.15) is 52.0 Å². The molecule has 2 atom stereocenters. The Morgan fingerprint density at radius 2 is 2.05 bits per heavy atom. The molecule has 0 radical (unpaired) electrons. The van der Waals surface area contributed by atoms with Crippen LogP contribution in [-0.2, 0) is 0 Å². The van der Waals surface area contributed by atoms with Crippen molar-refractivity contribution in [1.29, 1.82) is 0 Å². The van der Waals surface area contributed by atoms with Crippen molar-refractivity contribution >= 4 is 11.5 Å². The molecule has 4 rings (SSSR count). The molecule has 0 spiro atoms. The molecule has 21 heavy (non-hydrogen) atoms. The Kier molecular flexibility index (Phi) is 2.68. The first kappa shape index (κ1) is 12.9. The first-order chi connectivity index (χ1) is 10.1. The zero-order chi connectivity index (χ0) is 14.7. The molecule has 1 saturated carbocycles. The fourth-order valence-electron chi connectivity index (χ4n) is 3.43. The number of aromatic nitrogens is 3. The van der Waals surface area contributed by atoms with Gasteiger partial charge in [-0.1, -0.05) is 13.8 Å². The van der Waals surface area contributed by atoms with Gasteiger partial charge in [0, 0.05) is 11.6 Å². The van der Waals surface area contributed by atoms with E-state index in [1.54, 1.807) is 0 Å². The molecule has 0 N–H and O–H groups in total. The van der Waals surface area contributed by atoms with Gasteiger partial charge in [-0.3, -0.25) is 0 Å². The standard InChI is InChI=1S/C16H22N4O/c1-9(2)11-7-17-19-8-14-16(18-15(11)19)20(10(3)4)12-5-6-13(12)21-14/h7-10,12-13H,5-6H2,1-4H3. The summed E-state index contributed by atoms with van der Waals surface area (Å²) in [6.07, 6.45) is 6.58. The van der Waals surface area contributed by atoms with E-state index in [1.165, 1.54) is 12.0 Å². The van der Waals surface area contributed by atoms with Gasteiger partial charge in [0.2, 0.25) is 0 Å². The smallest absolute Gasteiger partial charge is 0.180 e. The summed E-state index contributed by atoms with van der Waals surface area (Å²) >= 11 is 0. The molecule has 0 saturated heterocycles. The van der Waals surface area contributed by atoms with Gasteiger partial charge < -0.3 is 9.64 Å². The Bertz CT molecular complexity index is 691.